The predicted octanol–water partition coefficient (Wildman–Crippen LogP) is 5.99. The molecule has 4 rings (SSSR count). The summed E-state index contributed by atoms with van der Waals surface area (Å²) in [5.74, 6) is -1.34. The Balaban J connectivity index is 1.85. The first-order valence-corrected chi connectivity index (χ1v) is 17.5. The number of hydrogen-bond donors (Lipinski definition) is 3. The van der Waals surface area contributed by atoms with Crippen LogP contribution in [0.1, 0.15) is 81.0 Å². The van der Waals surface area contributed by atoms with E-state index in [1.165, 1.54) is 31.4 Å². The molecule has 12 nitrogen and oxygen atoms in total. The van der Waals surface area contributed by atoms with Crippen molar-refractivity contribution < 1.29 is 41.4 Å². The molecule has 4 N–H and O–H groups in total. The third kappa shape index (κ3) is 8.42. The van der Waals surface area contributed by atoms with Crippen LogP contribution in [0.3, 0.4) is 0 Å². The number of anilines is 2. The molecule has 2 atom stereocenters. The Bertz CT molecular complexity index is 1810. The first kappa shape index (κ1) is 37.0. The van der Waals surface area contributed by atoms with E-state index in [9.17, 15) is 27.2 Å². The minimum absolute atomic E-state index is 0.0468. The molecule has 3 aromatic carbocycles. The molecule has 1 fully saturated rings. The highest BCUT2D eigenvalue weighted by atomic mass is 32.2. The van der Waals surface area contributed by atoms with Crippen molar-refractivity contribution in [2.24, 2.45) is 5.73 Å². The van der Waals surface area contributed by atoms with E-state index in [4.69, 9.17) is 19.9 Å². The van der Waals surface area contributed by atoms with Crippen LogP contribution in [-0.2, 0) is 19.4 Å². The van der Waals surface area contributed by atoms with Crippen molar-refractivity contribution in [2.45, 2.75) is 75.8 Å². The summed E-state index contributed by atoms with van der Waals surface area (Å²) in [4.78, 5) is 40.4. The molecule has 0 bridgehead atoms. The number of primary amides is 1. The van der Waals surface area contributed by atoms with Crippen molar-refractivity contribution in [3.05, 3.63) is 77.1 Å². The number of likely N-dealkylation sites (tertiary alicyclic amines) is 1. The van der Waals surface area contributed by atoms with E-state index < -0.39 is 50.9 Å². The van der Waals surface area contributed by atoms with E-state index in [-0.39, 0.29) is 22.3 Å². The Kier molecular flexibility index (Phi) is 11.8. The third-order valence-electron chi connectivity index (χ3n) is 8.02. The van der Waals surface area contributed by atoms with Gasteiger partial charge in [-0.05, 0) is 107 Å². The van der Waals surface area contributed by atoms with Gasteiger partial charge in [-0.2, -0.15) is 0 Å². The van der Waals surface area contributed by atoms with Crippen LogP contribution in [0.15, 0.2) is 59.5 Å². The average Bonchev–Trinajstić information content (AvgIpc) is 3.54. The van der Waals surface area contributed by atoms with Gasteiger partial charge in [-0.25, -0.2) is 17.6 Å². The van der Waals surface area contributed by atoms with Gasteiger partial charge in [0.1, 0.15) is 11.9 Å². The number of carbonyl (C=O) groups excluding carboxylic acids is 3. The number of benzene rings is 3. The van der Waals surface area contributed by atoms with Gasteiger partial charge in [0.2, 0.25) is 5.91 Å². The van der Waals surface area contributed by atoms with Crippen LogP contribution in [0, 0.1) is 5.82 Å². The second-order valence-electron chi connectivity index (χ2n) is 12.1. The van der Waals surface area contributed by atoms with Gasteiger partial charge in [0.15, 0.2) is 21.3 Å². The first-order chi connectivity index (χ1) is 23.2. The van der Waals surface area contributed by atoms with Gasteiger partial charge in [0.05, 0.1) is 41.6 Å². The zero-order valence-corrected chi connectivity index (χ0v) is 29.2. The summed E-state index contributed by atoms with van der Waals surface area (Å²) in [5, 5.41) is 4.97. The molecule has 49 heavy (non-hydrogen) atoms. The predicted molar refractivity (Wildman–Crippen MR) is 183 cm³/mol. The third-order valence-corrected chi connectivity index (χ3v) is 10.2. The normalized spacial score (nSPS) is 15.2. The fourth-order valence-electron chi connectivity index (χ4n) is 5.67. The molecule has 1 heterocycles. The Morgan fingerprint density at radius 2 is 1.71 bits per heavy atom. The van der Waals surface area contributed by atoms with Crippen molar-refractivity contribution in [3.63, 3.8) is 0 Å². The van der Waals surface area contributed by atoms with Crippen LogP contribution in [-0.4, -0.2) is 62.8 Å². The van der Waals surface area contributed by atoms with Crippen molar-refractivity contribution in [3.8, 4) is 11.5 Å². The fraction of sp³-hybridized carbons (Fsp3) is 0.400. The van der Waals surface area contributed by atoms with Gasteiger partial charge in [-0.3, -0.25) is 14.9 Å². The molecule has 0 radical (unpaired) electrons. The van der Waals surface area contributed by atoms with Gasteiger partial charge in [0, 0.05) is 17.9 Å². The molecule has 0 aliphatic carbocycles. The van der Waals surface area contributed by atoms with Crippen molar-refractivity contribution in [2.75, 3.05) is 30.9 Å². The quantitative estimate of drug-likeness (QED) is 0.194. The number of nitrogens with one attached hydrogen (secondary N) is 2. The van der Waals surface area contributed by atoms with Gasteiger partial charge in [0.25, 0.3) is 5.91 Å². The molecule has 1 aliphatic heterocycles. The maximum absolute atomic E-state index is 14.7. The standard InChI is InChI=1S/C35H43FN4O8S/c1-7-47-30-17-22(10-14-29(30)48-20(2)3)32(38-23-11-13-27(36)25(18-23)33(37)41)34(42)40-16-8-9-28(40)26-19-24(39-35(43)46-6)12-15-31(26)49(44,45)21(4)5/h10-15,17-21,28,32,38H,7-9,16H2,1-6H3,(H2,37,41)(H,39,43)/t28?,32-/m1/s1. The second kappa shape index (κ2) is 15.6. The SMILES string of the molecule is CCOc1cc([C@@H](Nc2ccc(F)c(C(N)=O)c2)C(=O)N2CCCC2c2cc(NC(=O)OC)ccc2S(=O)(=O)C(C)C)ccc1OC(C)C. The molecule has 0 aromatic heterocycles. The number of nitrogens with zero attached hydrogens (tertiary/aromatic N) is 1. The van der Waals surface area contributed by atoms with E-state index in [1.807, 2.05) is 20.8 Å². The van der Waals surface area contributed by atoms with E-state index in [0.29, 0.717) is 54.3 Å². The molecule has 0 saturated carbocycles. The summed E-state index contributed by atoms with van der Waals surface area (Å²) in [6, 6.07) is 11.4. The van der Waals surface area contributed by atoms with E-state index in [0.717, 1.165) is 6.07 Å². The topological polar surface area (TPSA) is 166 Å². The fourth-order valence-corrected chi connectivity index (χ4v) is 6.96. The van der Waals surface area contributed by atoms with Crippen LogP contribution < -0.4 is 25.8 Å². The maximum atomic E-state index is 14.7. The molecular formula is C35H43FN4O8S. The van der Waals surface area contributed by atoms with E-state index in [1.54, 1.807) is 43.0 Å². The lowest BCUT2D eigenvalue weighted by atomic mass is 10.00. The number of rotatable bonds is 13. The van der Waals surface area contributed by atoms with Crippen LogP contribution in [0.2, 0.25) is 0 Å². The summed E-state index contributed by atoms with van der Waals surface area (Å²) in [6.07, 6.45) is 0.109. The zero-order valence-electron chi connectivity index (χ0n) is 28.4. The second-order valence-corrected chi connectivity index (χ2v) is 14.6. The van der Waals surface area contributed by atoms with Crippen molar-refractivity contribution in [1.29, 1.82) is 0 Å². The highest BCUT2D eigenvalue weighted by Gasteiger charge is 2.38. The molecule has 3 amide bonds. The molecular weight excluding hydrogens is 655 g/mol. The Hall–Kier alpha value is -4.85. The van der Waals surface area contributed by atoms with Gasteiger partial charge in [-0.15, -0.1) is 0 Å². The van der Waals surface area contributed by atoms with Crippen LogP contribution in [0.4, 0.5) is 20.6 Å². The number of nitrogens with two attached hydrogens (primary N) is 1. The van der Waals surface area contributed by atoms with Crippen LogP contribution in [0.5, 0.6) is 11.5 Å². The molecule has 264 valence electrons. The highest BCUT2D eigenvalue weighted by Crippen LogP contribution is 2.41. The van der Waals surface area contributed by atoms with Crippen molar-refractivity contribution in [1.82, 2.24) is 4.90 Å². The van der Waals surface area contributed by atoms with Gasteiger partial charge >= 0.3 is 6.09 Å². The van der Waals surface area contributed by atoms with Crippen LogP contribution in [0.25, 0.3) is 0 Å². The average molecular weight is 699 g/mol. The number of ether oxygens (including phenoxy) is 3. The molecule has 1 aliphatic rings. The largest absolute Gasteiger partial charge is 0.490 e. The number of carbonyl (C=O) groups is 3. The first-order valence-electron chi connectivity index (χ1n) is 16.0. The zero-order chi connectivity index (χ0) is 36.0. The number of amides is 3. The summed E-state index contributed by atoms with van der Waals surface area (Å²) < 4.78 is 58.1. The monoisotopic (exact) mass is 698 g/mol. The number of methoxy groups -OCH3 is 1. The maximum Gasteiger partial charge on any atom is 0.411 e. The van der Waals surface area contributed by atoms with Crippen molar-refractivity contribution >= 4 is 39.1 Å². The molecule has 3 aromatic rings. The minimum Gasteiger partial charge on any atom is -0.490 e. The minimum atomic E-state index is -3.82. The lowest BCUT2D eigenvalue weighted by Crippen LogP contribution is -2.38. The number of halogens is 1. The van der Waals surface area contributed by atoms with Gasteiger partial charge in [-0.1, -0.05) is 6.07 Å². The molecule has 0 spiro atoms. The highest BCUT2D eigenvalue weighted by molar-refractivity contribution is 7.92. The smallest absolute Gasteiger partial charge is 0.411 e. The van der Waals surface area contributed by atoms with Crippen LogP contribution >= 0.6 is 0 Å². The Morgan fingerprint density at radius 3 is 2.35 bits per heavy atom. The lowest BCUT2D eigenvalue weighted by molar-refractivity contribution is -0.133. The van der Waals surface area contributed by atoms with E-state index >= 15 is 0 Å². The molecule has 1 unspecified atom stereocenters. The van der Waals surface area contributed by atoms with E-state index in [2.05, 4.69) is 10.6 Å². The summed E-state index contributed by atoms with van der Waals surface area (Å²) >= 11 is 0. The summed E-state index contributed by atoms with van der Waals surface area (Å²) in [6.45, 7) is 9.32. The van der Waals surface area contributed by atoms with Gasteiger partial charge < -0.3 is 30.2 Å². The summed E-state index contributed by atoms with van der Waals surface area (Å²) in [7, 11) is -2.60. The number of sulfone groups is 1. The number of hydrogen-bond acceptors (Lipinski definition) is 9. The molecule has 1 saturated heterocycles. The lowest BCUT2D eigenvalue weighted by Gasteiger charge is -2.32. The Morgan fingerprint density at radius 1 is 1.00 bits per heavy atom. The molecule has 14 heteroatoms. The Labute approximate surface area is 286 Å². The summed E-state index contributed by atoms with van der Waals surface area (Å²) in [5.41, 5.74) is 6.41.